The van der Waals surface area contributed by atoms with Crippen molar-refractivity contribution in [2.24, 2.45) is 0 Å². The van der Waals surface area contributed by atoms with Crippen LogP contribution in [0.2, 0.25) is 10.0 Å². The van der Waals surface area contributed by atoms with Gasteiger partial charge in [-0.1, -0.05) is 23.2 Å². The van der Waals surface area contributed by atoms with E-state index in [9.17, 15) is 18.6 Å². The van der Waals surface area contributed by atoms with Crippen molar-refractivity contribution in [2.75, 3.05) is 19.1 Å². The molecule has 2 unspecified atom stereocenters. The molecule has 8 nitrogen and oxygen atoms in total. The van der Waals surface area contributed by atoms with Gasteiger partial charge < -0.3 is 24.3 Å². The minimum atomic E-state index is -3.93. The van der Waals surface area contributed by atoms with Gasteiger partial charge in [-0.15, -0.1) is 11.6 Å². The van der Waals surface area contributed by atoms with Crippen molar-refractivity contribution in [3.8, 4) is 11.5 Å². The fourth-order valence-electron chi connectivity index (χ4n) is 2.79. The molecule has 33 heavy (non-hydrogen) atoms. The predicted octanol–water partition coefficient (Wildman–Crippen LogP) is 3.44. The molecule has 2 atom stereocenters. The van der Waals surface area contributed by atoms with Crippen LogP contribution >= 0.6 is 34.8 Å². The summed E-state index contributed by atoms with van der Waals surface area (Å²) in [6, 6.07) is 8.20. The van der Waals surface area contributed by atoms with Gasteiger partial charge >= 0.3 is 0 Å². The number of imidazole rings is 1. The number of ether oxygens (including phenoxy) is 2. The largest absolute Gasteiger partial charge is 0.491 e. The molecule has 2 N–H and O–H groups in total. The minimum absolute atomic E-state index is 0.00665. The maximum atomic E-state index is 13.0. The van der Waals surface area contributed by atoms with Crippen LogP contribution in [-0.2, 0) is 16.4 Å². The van der Waals surface area contributed by atoms with E-state index in [-0.39, 0.29) is 44.7 Å². The first-order valence-corrected chi connectivity index (χ1v) is 12.5. The number of aromatic nitrogens is 2. The van der Waals surface area contributed by atoms with Crippen LogP contribution in [0, 0.1) is 0 Å². The summed E-state index contributed by atoms with van der Waals surface area (Å²) in [6.45, 7) is 0.196. The molecule has 0 aliphatic rings. The summed E-state index contributed by atoms with van der Waals surface area (Å²) in [4.78, 5) is 3.79. The van der Waals surface area contributed by atoms with Crippen LogP contribution in [0.1, 0.15) is 0 Å². The van der Waals surface area contributed by atoms with Crippen molar-refractivity contribution in [1.29, 1.82) is 0 Å². The number of alkyl halides is 1. The van der Waals surface area contributed by atoms with Crippen molar-refractivity contribution >= 4 is 44.6 Å². The zero-order valence-corrected chi connectivity index (χ0v) is 20.2. The first-order valence-electron chi connectivity index (χ1n) is 9.68. The van der Waals surface area contributed by atoms with Gasteiger partial charge in [-0.25, -0.2) is 13.4 Å². The van der Waals surface area contributed by atoms with Crippen LogP contribution in [0.3, 0.4) is 0 Å². The molecule has 0 aliphatic carbocycles. The highest BCUT2D eigenvalue weighted by molar-refractivity contribution is 7.91. The molecule has 3 aromatic rings. The maximum Gasteiger partial charge on any atom is 0.206 e. The highest BCUT2D eigenvalue weighted by Crippen LogP contribution is 2.37. The van der Waals surface area contributed by atoms with E-state index in [0.29, 0.717) is 12.3 Å². The fourth-order valence-corrected chi connectivity index (χ4v) is 4.92. The lowest BCUT2D eigenvalue weighted by molar-refractivity contribution is 0.0924. The summed E-state index contributed by atoms with van der Waals surface area (Å²) in [6.07, 6.45) is 3.24. The molecule has 1 aromatic heterocycles. The number of halogens is 3. The number of hydrogen-bond acceptors (Lipinski definition) is 7. The van der Waals surface area contributed by atoms with Crippen LogP contribution in [0.5, 0.6) is 11.5 Å². The lowest BCUT2D eigenvalue weighted by Gasteiger charge is -2.14. The molecule has 0 radical (unpaired) electrons. The summed E-state index contributed by atoms with van der Waals surface area (Å²) >= 11 is 17.9. The Balaban J connectivity index is 1.68. The van der Waals surface area contributed by atoms with E-state index in [2.05, 4.69) is 4.98 Å². The Kier molecular flexibility index (Phi) is 8.86. The van der Waals surface area contributed by atoms with Gasteiger partial charge in [-0.2, -0.15) is 0 Å². The minimum Gasteiger partial charge on any atom is -0.491 e. The van der Waals surface area contributed by atoms with Gasteiger partial charge in [-0.05, 0) is 36.4 Å². The van der Waals surface area contributed by atoms with Gasteiger partial charge in [0.1, 0.15) is 31.2 Å². The molecule has 0 spiro atoms. The predicted molar refractivity (Wildman–Crippen MR) is 124 cm³/mol. The van der Waals surface area contributed by atoms with Gasteiger partial charge in [0.15, 0.2) is 5.75 Å². The van der Waals surface area contributed by atoms with Crippen LogP contribution < -0.4 is 9.47 Å². The summed E-state index contributed by atoms with van der Waals surface area (Å²) < 4.78 is 38.6. The zero-order valence-electron chi connectivity index (χ0n) is 17.1. The molecule has 3 rings (SSSR count). The third-order valence-corrected chi connectivity index (χ3v) is 7.10. The van der Waals surface area contributed by atoms with E-state index in [1.807, 2.05) is 0 Å². The highest BCUT2D eigenvalue weighted by atomic mass is 35.5. The smallest absolute Gasteiger partial charge is 0.206 e. The van der Waals surface area contributed by atoms with Gasteiger partial charge in [-0.3, -0.25) is 0 Å². The van der Waals surface area contributed by atoms with Crippen molar-refractivity contribution in [2.45, 2.75) is 28.5 Å². The Bertz CT molecular complexity index is 1130. The van der Waals surface area contributed by atoms with E-state index in [4.69, 9.17) is 44.3 Å². The third-order valence-electron chi connectivity index (χ3n) is 4.44. The summed E-state index contributed by atoms with van der Waals surface area (Å²) in [5, 5.41) is 19.5. The Morgan fingerprint density at radius 3 is 2.18 bits per heavy atom. The number of benzene rings is 2. The van der Waals surface area contributed by atoms with Crippen LogP contribution in [0.15, 0.2) is 64.9 Å². The lowest BCUT2D eigenvalue weighted by atomic mass is 10.3. The van der Waals surface area contributed by atoms with E-state index in [1.165, 1.54) is 36.4 Å². The lowest BCUT2D eigenvalue weighted by Crippen LogP contribution is -2.23. The molecule has 1 heterocycles. The molecule has 178 valence electrons. The van der Waals surface area contributed by atoms with Crippen LogP contribution in [0.4, 0.5) is 0 Å². The monoisotopic (exact) mass is 534 g/mol. The molecule has 0 bridgehead atoms. The van der Waals surface area contributed by atoms with E-state index >= 15 is 0 Å². The second kappa shape index (κ2) is 11.4. The molecule has 0 fully saturated rings. The van der Waals surface area contributed by atoms with Gasteiger partial charge in [0.25, 0.3) is 0 Å². The Hall–Kier alpha value is -2.01. The SMILES string of the molecule is O=S(=O)(c1ccc(OCC(O)Cn2ccnc2)cc1)c1cc(Cl)c(OCC(O)CCl)c(Cl)c1. The molecule has 0 aliphatic heterocycles. The van der Waals surface area contributed by atoms with Gasteiger partial charge in [0.2, 0.25) is 9.84 Å². The molecule has 2 aromatic carbocycles. The third kappa shape index (κ3) is 6.75. The number of aliphatic hydroxyl groups excluding tert-OH is 2. The molecular formula is C21H21Cl3N2O6S. The van der Waals surface area contributed by atoms with Gasteiger partial charge in [0, 0.05) is 12.4 Å². The van der Waals surface area contributed by atoms with Crippen molar-refractivity contribution in [1.82, 2.24) is 9.55 Å². The van der Waals surface area contributed by atoms with E-state index in [0.717, 1.165) is 0 Å². The standard InChI is InChI=1S/C21H21Cl3N2O6S/c22-9-14(27)11-32-21-19(23)7-18(8-20(21)24)33(29,30)17-3-1-16(2-4-17)31-12-15(28)10-26-6-5-25-13-26/h1-8,13-15,27-28H,9-12H2. The Morgan fingerprint density at radius 2 is 1.61 bits per heavy atom. The average molecular weight is 536 g/mol. The van der Waals surface area contributed by atoms with Crippen LogP contribution in [0.25, 0.3) is 0 Å². The maximum absolute atomic E-state index is 13.0. The fraction of sp³-hybridized carbons (Fsp3) is 0.286. The highest BCUT2D eigenvalue weighted by Gasteiger charge is 2.22. The van der Waals surface area contributed by atoms with Crippen molar-refractivity contribution < 1.29 is 28.1 Å². The molecule has 12 heteroatoms. The Labute approximate surface area is 206 Å². The second-order valence-electron chi connectivity index (χ2n) is 7.03. The number of aliphatic hydroxyl groups is 2. The summed E-state index contributed by atoms with van der Waals surface area (Å²) in [7, 11) is -3.93. The van der Waals surface area contributed by atoms with E-state index in [1.54, 1.807) is 23.3 Å². The first-order chi connectivity index (χ1) is 15.7. The number of nitrogens with zero attached hydrogens (tertiary/aromatic N) is 2. The normalized spacial score (nSPS) is 13.5. The average Bonchev–Trinajstić information content (AvgIpc) is 3.30. The quantitative estimate of drug-likeness (QED) is 0.362. The van der Waals surface area contributed by atoms with Crippen molar-refractivity contribution in [3.05, 3.63) is 65.2 Å². The number of rotatable bonds is 11. The zero-order chi connectivity index (χ0) is 24.0. The molecule has 0 saturated carbocycles. The summed E-state index contributed by atoms with van der Waals surface area (Å²) in [5.41, 5.74) is 0. The number of hydrogen-bond donors (Lipinski definition) is 2. The topological polar surface area (TPSA) is 111 Å². The van der Waals surface area contributed by atoms with E-state index < -0.39 is 22.0 Å². The second-order valence-corrected chi connectivity index (χ2v) is 10.1. The number of sulfone groups is 1. The first kappa shape index (κ1) is 25.6. The van der Waals surface area contributed by atoms with Crippen molar-refractivity contribution in [3.63, 3.8) is 0 Å². The molecule has 0 amide bonds. The molecule has 0 saturated heterocycles. The Morgan fingerprint density at radius 1 is 0.970 bits per heavy atom. The molecular weight excluding hydrogens is 515 g/mol. The van der Waals surface area contributed by atoms with Gasteiger partial charge in [0.05, 0.1) is 38.6 Å². The van der Waals surface area contributed by atoms with Crippen LogP contribution in [-0.4, -0.2) is 59.5 Å². The summed E-state index contributed by atoms with van der Waals surface area (Å²) in [5.74, 6) is 0.418.